The van der Waals surface area contributed by atoms with Gasteiger partial charge in [0.25, 0.3) is 0 Å². The minimum absolute atomic E-state index is 0.0295. The number of rotatable bonds is 2. The van der Waals surface area contributed by atoms with Crippen molar-refractivity contribution in [3.8, 4) is 0 Å². The van der Waals surface area contributed by atoms with Crippen LogP contribution in [-0.4, -0.2) is 54.5 Å². The van der Waals surface area contributed by atoms with Crippen LogP contribution >= 0.6 is 0 Å². The maximum absolute atomic E-state index is 11.9. The van der Waals surface area contributed by atoms with Gasteiger partial charge >= 0.3 is 12.2 Å². The Morgan fingerprint density at radius 1 is 0.795 bits per heavy atom. The molecule has 0 aliphatic carbocycles. The standard InChI is InChI=1S/C16H22N2O3.C14H20N2O2/c1-11(19)18-10-13(17-15(20)21-16(2,3)4)9-12-7-5-6-8-14(12)18;1-14(2,3)18-13(17)16-11-8-10-6-4-5-7-12(10)15-9-11/h5-8,13H,9-10H2,1-4H3,(H,17,20);4-7,11,15H,8-9H2,1-3H3,(H,16,17). The van der Waals surface area contributed by atoms with Crippen molar-refractivity contribution in [1.82, 2.24) is 10.6 Å². The highest BCUT2D eigenvalue weighted by molar-refractivity contribution is 5.93. The molecule has 9 nitrogen and oxygen atoms in total. The van der Waals surface area contributed by atoms with Gasteiger partial charge < -0.3 is 30.3 Å². The number of benzene rings is 2. The van der Waals surface area contributed by atoms with Gasteiger partial charge in [-0.1, -0.05) is 36.4 Å². The summed E-state index contributed by atoms with van der Waals surface area (Å²) in [6, 6.07) is 15.8. The third-order valence-corrected chi connectivity index (χ3v) is 6.00. The molecule has 0 radical (unpaired) electrons. The van der Waals surface area contributed by atoms with E-state index >= 15 is 0 Å². The number of amides is 3. The van der Waals surface area contributed by atoms with Crippen LogP contribution in [0.4, 0.5) is 21.0 Å². The van der Waals surface area contributed by atoms with Crippen molar-refractivity contribution in [1.29, 1.82) is 0 Å². The molecule has 3 N–H and O–H groups in total. The first-order valence-corrected chi connectivity index (χ1v) is 13.4. The number of hydrogen-bond donors (Lipinski definition) is 3. The molecule has 3 amide bonds. The number of anilines is 2. The van der Waals surface area contributed by atoms with Crippen LogP contribution in [0.5, 0.6) is 0 Å². The molecule has 9 heteroatoms. The van der Waals surface area contributed by atoms with E-state index in [9.17, 15) is 14.4 Å². The second-order valence-corrected chi connectivity index (χ2v) is 11.9. The van der Waals surface area contributed by atoms with Gasteiger partial charge in [-0.05, 0) is 77.6 Å². The molecule has 0 saturated heterocycles. The Bertz CT molecular complexity index is 1170. The first-order chi connectivity index (χ1) is 18.2. The lowest BCUT2D eigenvalue weighted by molar-refractivity contribution is -0.116. The number of carbonyl (C=O) groups is 3. The Hall–Kier alpha value is -3.75. The molecule has 0 spiro atoms. The van der Waals surface area contributed by atoms with Crippen LogP contribution < -0.4 is 20.9 Å². The highest BCUT2D eigenvalue weighted by atomic mass is 16.6. The van der Waals surface area contributed by atoms with Gasteiger partial charge in [0.2, 0.25) is 5.91 Å². The van der Waals surface area contributed by atoms with Gasteiger partial charge in [0, 0.05) is 31.4 Å². The Balaban J connectivity index is 0.000000218. The van der Waals surface area contributed by atoms with Crippen LogP contribution in [0.3, 0.4) is 0 Å². The third kappa shape index (κ3) is 9.50. The maximum Gasteiger partial charge on any atom is 0.407 e. The predicted molar refractivity (Wildman–Crippen MR) is 153 cm³/mol. The van der Waals surface area contributed by atoms with Crippen molar-refractivity contribution in [2.24, 2.45) is 0 Å². The summed E-state index contributed by atoms with van der Waals surface area (Å²) in [6.07, 6.45) is 0.728. The first-order valence-electron chi connectivity index (χ1n) is 13.4. The third-order valence-electron chi connectivity index (χ3n) is 6.00. The van der Waals surface area contributed by atoms with Crippen molar-refractivity contribution in [2.45, 2.75) is 84.6 Å². The molecule has 0 bridgehead atoms. The molecule has 0 aromatic heterocycles. The molecule has 2 aliphatic rings. The Labute approximate surface area is 231 Å². The summed E-state index contributed by atoms with van der Waals surface area (Å²) in [5.41, 5.74) is 3.37. The molecule has 212 valence electrons. The van der Waals surface area contributed by atoms with E-state index in [2.05, 4.69) is 28.1 Å². The summed E-state index contributed by atoms with van der Waals surface area (Å²) >= 11 is 0. The lowest BCUT2D eigenvalue weighted by Gasteiger charge is -2.34. The zero-order valence-corrected chi connectivity index (χ0v) is 24.1. The zero-order valence-electron chi connectivity index (χ0n) is 24.1. The minimum atomic E-state index is -0.531. The first kappa shape index (κ1) is 29.8. The zero-order chi connectivity index (χ0) is 28.8. The van der Waals surface area contributed by atoms with Crippen molar-refractivity contribution in [3.05, 3.63) is 59.7 Å². The average Bonchev–Trinajstić information content (AvgIpc) is 2.81. The van der Waals surface area contributed by atoms with E-state index in [1.807, 2.05) is 77.9 Å². The topological polar surface area (TPSA) is 109 Å². The predicted octanol–water partition coefficient (Wildman–Crippen LogP) is 5.04. The number of hydrogen-bond acceptors (Lipinski definition) is 6. The molecule has 2 aliphatic heterocycles. The van der Waals surface area contributed by atoms with E-state index in [1.54, 1.807) is 4.90 Å². The van der Waals surface area contributed by atoms with Gasteiger partial charge in [-0.15, -0.1) is 0 Å². The smallest absolute Gasteiger partial charge is 0.407 e. The van der Waals surface area contributed by atoms with E-state index in [4.69, 9.17) is 9.47 Å². The molecule has 0 fully saturated rings. The summed E-state index contributed by atoms with van der Waals surface area (Å²) in [5, 5.41) is 9.05. The number of ether oxygens (including phenoxy) is 2. The van der Waals surface area contributed by atoms with Gasteiger partial charge in [0.1, 0.15) is 11.2 Å². The second-order valence-electron chi connectivity index (χ2n) is 11.9. The van der Waals surface area contributed by atoms with Gasteiger partial charge in [0.05, 0.1) is 12.1 Å². The molecule has 4 rings (SSSR count). The monoisotopic (exact) mass is 538 g/mol. The van der Waals surface area contributed by atoms with E-state index < -0.39 is 17.3 Å². The maximum atomic E-state index is 11.9. The number of nitrogens with one attached hydrogen (secondary N) is 3. The fourth-order valence-corrected chi connectivity index (χ4v) is 4.48. The quantitative estimate of drug-likeness (QED) is 0.495. The van der Waals surface area contributed by atoms with E-state index in [-0.39, 0.29) is 24.1 Å². The van der Waals surface area contributed by atoms with Crippen molar-refractivity contribution in [2.75, 3.05) is 23.3 Å². The largest absolute Gasteiger partial charge is 0.444 e. The van der Waals surface area contributed by atoms with Crippen LogP contribution in [0.15, 0.2) is 48.5 Å². The van der Waals surface area contributed by atoms with Crippen LogP contribution in [-0.2, 0) is 27.1 Å². The number of carbonyl (C=O) groups excluding carboxylic acids is 3. The SMILES string of the molecule is CC(=O)N1CC(NC(=O)OC(C)(C)C)Cc2ccccc21.CC(C)(C)OC(=O)NC1CNc2ccccc2C1. The highest BCUT2D eigenvalue weighted by Crippen LogP contribution is 2.27. The normalized spacial score (nSPS) is 18.2. The Morgan fingerprint density at radius 2 is 1.31 bits per heavy atom. The van der Waals surface area contributed by atoms with Crippen LogP contribution in [0, 0.1) is 0 Å². The molecular formula is C30H42N4O5. The van der Waals surface area contributed by atoms with Gasteiger partial charge in [-0.25, -0.2) is 9.59 Å². The molecule has 2 aromatic rings. The molecule has 2 heterocycles. The van der Waals surface area contributed by atoms with E-state index in [1.165, 1.54) is 12.5 Å². The van der Waals surface area contributed by atoms with E-state index in [0.717, 1.165) is 29.9 Å². The van der Waals surface area contributed by atoms with Gasteiger partial charge in [0.15, 0.2) is 0 Å². The molecule has 39 heavy (non-hydrogen) atoms. The van der Waals surface area contributed by atoms with Crippen molar-refractivity contribution >= 4 is 29.5 Å². The Kier molecular flexibility index (Phi) is 9.48. The summed E-state index contributed by atoms with van der Waals surface area (Å²) in [4.78, 5) is 37.1. The second kappa shape index (κ2) is 12.4. The fraction of sp³-hybridized carbons (Fsp3) is 0.500. The number of alkyl carbamates (subject to hydrolysis) is 2. The summed E-state index contributed by atoms with van der Waals surface area (Å²) in [7, 11) is 0. The molecule has 2 atom stereocenters. The number of para-hydroxylation sites is 2. The summed E-state index contributed by atoms with van der Waals surface area (Å²) in [5.74, 6) is -0.0295. The average molecular weight is 539 g/mol. The van der Waals surface area contributed by atoms with Crippen LogP contribution in [0.1, 0.15) is 59.6 Å². The van der Waals surface area contributed by atoms with Crippen LogP contribution in [0.25, 0.3) is 0 Å². The van der Waals surface area contributed by atoms with E-state index in [0.29, 0.717) is 13.0 Å². The lowest BCUT2D eigenvalue weighted by Crippen LogP contribution is -2.50. The summed E-state index contributed by atoms with van der Waals surface area (Å²) < 4.78 is 10.5. The molecular weight excluding hydrogens is 496 g/mol. The summed E-state index contributed by atoms with van der Waals surface area (Å²) in [6.45, 7) is 13.8. The van der Waals surface area contributed by atoms with Gasteiger partial charge in [-0.3, -0.25) is 4.79 Å². The fourth-order valence-electron chi connectivity index (χ4n) is 4.48. The van der Waals surface area contributed by atoms with Gasteiger partial charge in [-0.2, -0.15) is 0 Å². The van der Waals surface area contributed by atoms with Crippen LogP contribution in [0.2, 0.25) is 0 Å². The number of fused-ring (bicyclic) bond motifs is 2. The lowest BCUT2D eigenvalue weighted by atomic mass is 9.98. The minimum Gasteiger partial charge on any atom is -0.444 e. The molecule has 0 saturated carbocycles. The highest BCUT2D eigenvalue weighted by Gasteiger charge is 2.29. The molecule has 2 aromatic carbocycles. The number of nitrogens with zero attached hydrogens (tertiary/aromatic N) is 1. The van der Waals surface area contributed by atoms with Crippen molar-refractivity contribution < 1.29 is 23.9 Å². The molecule has 2 unspecified atom stereocenters. The van der Waals surface area contributed by atoms with Crippen molar-refractivity contribution in [3.63, 3.8) is 0 Å². The Morgan fingerprint density at radius 3 is 1.90 bits per heavy atom.